The van der Waals surface area contributed by atoms with Gasteiger partial charge in [-0.05, 0) is 29.9 Å². The number of carboxylic acid groups (broad SMARTS) is 1. The van der Waals surface area contributed by atoms with Crippen molar-refractivity contribution < 1.29 is 9.90 Å². The average molecular weight is 281 g/mol. The number of carbonyl (C=O) groups is 1. The molecule has 2 aromatic carbocycles. The van der Waals surface area contributed by atoms with Crippen molar-refractivity contribution >= 4 is 5.97 Å². The van der Waals surface area contributed by atoms with Crippen molar-refractivity contribution in [3.8, 4) is 0 Å². The molecule has 2 aromatic rings. The van der Waals surface area contributed by atoms with Crippen LogP contribution in [-0.2, 0) is 11.2 Å². The van der Waals surface area contributed by atoms with E-state index in [1.54, 1.807) is 0 Å². The molecule has 0 amide bonds. The van der Waals surface area contributed by atoms with Gasteiger partial charge in [-0.1, -0.05) is 60.7 Å². The number of aliphatic carboxylic acids is 1. The van der Waals surface area contributed by atoms with Gasteiger partial charge in [0.25, 0.3) is 0 Å². The summed E-state index contributed by atoms with van der Waals surface area (Å²) in [6.07, 6.45) is 1.57. The Morgan fingerprint density at radius 3 is 2.29 bits per heavy atom. The fourth-order valence-electron chi connectivity index (χ4n) is 3.18. The van der Waals surface area contributed by atoms with E-state index in [1.165, 1.54) is 11.1 Å². The van der Waals surface area contributed by atoms with Crippen molar-refractivity contribution in [1.82, 2.24) is 5.32 Å². The molecule has 0 spiro atoms. The number of hydrogen-bond acceptors (Lipinski definition) is 2. The third-order valence-corrected chi connectivity index (χ3v) is 4.19. The zero-order chi connectivity index (χ0) is 14.7. The molecule has 3 atom stereocenters. The number of nitrogens with one attached hydrogen (secondary N) is 1. The van der Waals surface area contributed by atoms with Crippen LogP contribution in [0.3, 0.4) is 0 Å². The summed E-state index contributed by atoms with van der Waals surface area (Å²) < 4.78 is 0. The minimum absolute atomic E-state index is 0.104. The van der Waals surface area contributed by atoms with Crippen LogP contribution in [0.5, 0.6) is 0 Å². The van der Waals surface area contributed by atoms with Gasteiger partial charge < -0.3 is 5.11 Å². The lowest BCUT2D eigenvalue weighted by molar-refractivity contribution is -0.139. The van der Waals surface area contributed by atoms with Crippen LogP contribution >= 0.6 is 0 Å². The maximum absolute atomic E-state index is 11.3. The first-order valence-corrected chi connectivity index (χ1v) is 7.32. The highest BCUT2D eigenvalue weighted by molar-refractivity contribution is 5.74. The van der Waals surface area contributed by atoms with E-state index in [0.717, 1.165) is 6.42 Å². The van der Waals surface area contributed by atoms with Gasteiger partial charge in [-0.3, -0.25) is 10.1 Å². The van der Waals surface area contributed by atoms with Crippen molar-refractivity contribution in [3.63, 3.8) is 0 Å². The summed E-state index contributed by atoms with van der Waals surface area (Å²) in [5.41, 5.74) is 2.43. The Hall–Kier alpha value is -2.13. The smallest absolute Gasteiger partial charge is 0.320 e. The summed E-state index contributed by atoms with van der Waals surface area (Å²) in [6.45, 7) is 0. The predicted octanol–water partition coefficient (Wildman–Crippen LogP) is 3.03. The van der Waals surface area contributed by atoms with Gasteiger partial charge >= 0.3 is 5.97 Å². The Balaban J connectivity index is 1.83. The quantitative estimate of drug-likeness (QED) is 0.905. The molecule has 3 rings (SSSR count). The molecule has 3 heteroatoms. The largest absolute Gasteiger partial charge is 0.480 e. The zero-order valence-corrected chi connectivity index (χ0v) is 11.8. The summed E-state index contributed by atoms with van der Waals surface area (Å²) in [7, 11) is 0. The second kappa shape index (κ2) is 6.10. The SMILES string of the molecule is O=C(O)C1CC(Cc2ccccc2)C(c2ccccc2)N1. The molecule has 1 aliphatic heterocycles. The van der Waals surface area contributed by atoms with Gasteiger partial charge in [0, 0.05) is 6.04 Å². The second-order valence-corrected chi connectivity index (χ2v) is 5.63. The molecule has 21 heavy (non-hydrogen) atoms. The lowest BCUT2D eigenvalue weighted by Gasteiger charge is -2.20. The first kappa shape index (κ1) is 13.8. The van der Waals surface area contributed by atoms with E-state index in [9.17, 15) is 9.90 Å². The van der Waals surface area contributed by atoms with Gasteiger partial charge in [-0.15, -0.1) is 0 Å². The van der Waals surface area contributed by atoms with Gasteiger partial charge in [-0.25, -0.2) is 0 Å². The van der Waals surface area contributed by atoms with Crippen molar-refractivity contribution in [2.75, 3.05) is 0 Å². The van der Waals surface area contributed by atoms with Gasteiger partial charge in [0.2, 0.25) is 0 Å². The predicted molar refractivity (Wildman–Crippen MR) is 82.0 cm³/mol. The van der Waals surface area contributed by atoms with Gasteiger partial charge in [0.1, 0.15) is 6.04 Å². The third-order valence-electron chi connectivity index (χ3n) is 4.19. The van der Waals surface area contributed by atoms with Crippen LogP contribution in [0.4, 0.5) is 0 Å². The van der Waals surface area contributed by atoms with Crippen molar-refractivity contribution in [1.29, 1.82) is 0 Å². The summed E-state index contributed by atoms with van der Waals surface area (Å²) in [5.74, 6) is -0.456. The van der Waals surface area contributed by atoms with Crippen LogP contribution in [0.15, 0.2) is 60.7 Å². The molecule has 0 aromatic heterocycles. The van der Waals surface area contributed by atoms with Crippen LogP contribution in [0, 0.1) is 5.92 Å². The number of rotatable bonds is 4. The van der Waals surface area contributed by atoms with Crippen LogP contribution < -0.4 is 5.32 Å². The fourth-order valence-corrected chi connectivity index (χ4v) is 3.18. The Labute approximate surface area is 124 Å². The van der Waals surface area contributed by atoms with Crippen molar-refractivity contribution in [3.05, 3.63) is 71.8 Å². The lowest BCUT2D eigenvalue weighted by atomic mass is 9.88. The summed E-state index contributed by atoms with van der Waals surface area (Å²) in [6, 6.07) is 20.1. The maximum atomic E-state index is 11.3. The third kappa shape index (κ3) is 3.14. The monoisotopic (exact) mass is 281 g/mol. The highest BCUT2D eigenvalue weighted by Crippen LogP contribution is 2.35. The van der Waals surface area contributed by atoms with Gasteiger partial charge in [-0.2, -0.15) is 0 Å². The standard InChI is InChI=1S/C18H19NO2/c20-18(21)16-12-15(11-13-7-3-1-4-8-13)17(19-16)14-9-5-2-6-10-14/h1-10,15-17,19H,11-12H2,(H,20,21). The van der Waals surface area contributed by atoms with Crippen LogP contribution in [0.25, 0.3) is 0 Å². The topological polar surface area (TPSA) is 49.3 Å². The molecule has 1 saturated heterocycles. The number of benzene rings is 2. The molecule has 1 heterocycles. The summed E-state index contributed by atoms with van der Waals surface area (Å²) in [4.78, 5) is 11.3. The molecule has 108 valence electrons. The molecule has 2 N–H and O–H groups in total. The Bertz CT molecular complexity index is 597. The Kier molecular flexibility index (Phi) is 4.02. The van der Waals surface area contributed by atoms with Crippen molar-refractivity contribution in [2.45, 2.75) is 24.9 Å². The van der Waals surface area contributed by atoms with E-state index in [0.29, 0.717) is 12.3 Å². The second-order valence-electron chi connectivity index (χ2n) is 5.63. The highest BCUT2D eigenvalue weighted by atomic mass is 16.4. The van der Waals surface area contributed by atoms with Gasteiger partial charge in [0.15, 0.2) is 0 Å². The summed E-state index contributed by atoms with van der Waals surface area (Å²) >= 11 is 0. The fraction of sp³-hybridized carbons (Fsp3) is 0.278. The number of carboxylic acids is 1. The normalized spacial score (nSPS) is 24.9. The van der Waals surface area contributed by atoms with E-state index in [1.807, 2.05) is 36.4 Å². The molecule has 3 unspecified atom stereocenters. The molecule has 0 radical (unpaired) electrons. The van der Waals surface area contributed by atoms with Gasteiger partial charge in [0.05, 0.1) is 0 Å². The summed E-state index contributed by atoms with van der Waals surface area (Å²) in [5, 5.41) is 12.6. The van der Waals surface area contributed by atoms with E-state index in [-0.39, 0.29) is 6.04 Å². The lowest BCUT2D eigenvalue weighted by Crippen LogP contribution is -2.31. The minimum atomic E-state index is -0.758. The van der Waals surface area contributed by atoms with E-state index in [4.69, 9.17) is 0 Å². The highest BCUT2D eigenvalue weighted by Gasteiger charge is 2.37. The van der Waals surface area contributed by atoms with Crippen LogP contribution in [0.2, 0.25) is 0 Å². The molecule has 0 saturated carbocycles. The molecular formula is C18H19NO2. The molecule has 0 bridgehead atoms. The molecular weight excluding hydrogens is 262 g/mol. The van der Waals surface area contributed by atoms with E-state index in [2.05, 4.69) is 29.6 Å². The Morgan fingerprint density at radius 1 is 1.05 bits per heavy atom. The van der Waals surface area contributed by atoms with Crippen molar-refractivity contribution in [2.24, 2.45) is 5.92 Å². The zero-order valence-electron chi connectivity index (χ0n) is 11.8. The molecule has 0 aliphatic carbocycles. The first-order chi connectivity index (χ1) is 10.2. The molecule has 1 aliphatic rings. The Morgan fingerprint density at radius 2 is 1.67 bits per heavy atom. The molecule has 3 nitrogen and oxygen atoms in total. The first-order valence-electron chi connectivity index (χ1n) is 7.32. The molecule has 1 fully saturated rings. The van der Waals surface area contributed by atoms with Crippen LogP contribution in [-0.4, -0.2) is 17.1 Å². The average Bonchev–Trinajstić information content (AvgIpc) is 2.93. The minimum Gasteiger partial charge on any atom is -0.480 e. The van der Waals surface area contributed by atoms with E-state index < -0.39 is 12.0 Å². The van der Waals surface area contributed by atoms with E-state index >= 15 is 0 Å². The number of hydrogen-bond donors (Lipinski definition) is 2. The maximum Gasteiger partial charge on any atom is 0.320 e. The van der Waals surface area contributed by atoms with Crippen LogP contribution in [0.1, 0.15) is 23.6 Å².